The van der Waals surface area contributed by atoms with E-state index in [2.05, 4.69) is 5.10 Å². The number of thiocarbonyl (C=S) groups is 1. The topological polar surface area (TPSA) is 107 Å². The molecule has 0 atom stereocenters. The molecule has 2 aromatic rings. The van der Waals surface area contributed by atoms with Crippen LogP contribution < -0.4 is 18.9 Å². The molecule has 9 nitrogen and oxygen atoms in total. The molecule has 2 aromatic carbocycles. The Labute approximate surface area is 199 Å². The van der Waals surface area contributed by atoms with E-state index in [0.29, 0.717) is 17.1 Å². The number of aromatic carboxylic acids is 1. The molecule has 0 saturated carbocycles. The molecule has 1 N–H and O–H groups in total. The molecule has 1 aliphatic heterocycles. The van der Waals surface area contributed by atoms with Gasteiger partial charge in [0, 0.05) is 11.6 Å². The molecular weight excluding hydrogens is 468 g/mol. The van der Waals surface area contributed by atoms with Crippen molar-refractivity contribution in [1.29, 1.82) is 0 Å². The van der Waals surface area contributed by atoms with E-state index < -0.39 is 11.9 Å². The van der Waals surface area contributed by atoms with E-state index in [0.717, 1.165) is 16.8 Å². The Bertz CT molecular complexity index is 1180. The maximum Gasteiger partial charge on any atom is 0.340 e. The molecule has 1 heterocycles. The van der Waals surface area contributed by atoms with Crippen LogP contribution in [-0.4, -0.2) is 61.0 Å². The van der Waals surface area contributed by atoms with Crippen LogP contribution >= 0.6 is 24.0 Å². The lowest BCUT2D eigenvalue weighted by molar-refractivity contribution is -0.122. The van der Waals surface area contributed by atoms with Crippen LogP contribution in [0.5, 0.6) is 23.0 Å². The van der Waals surface area contributed by atoms with Crippen LogP contribution in [0.1, 0.15) is 21.5 Å². The van der Waals surface area contributed by atoms with Crippen molar-refractivity contribution in [3.8, 4) is 23.0 Å². The molecule has 172 valence electrons. The number of benzene rings is 2. The van der Waals surface area contributed by atoms with Crippen LogP contribution in [0, 0.1) is 0 Å². The zero-order valence-electron chi connectivity index (χ0n) is 18.1. The first-order chi connectivity index (χ1) is 15.8. The predicted octanol–water partition coefficient (Wildman–Crippen LogP) is 3.65. The van der Waals surface area contributed by atoms with Crippen LogP contribution in [0.2, 0.25) is 0 Å². The van der Waals surface area contributed by atoms with Crippen LogP contribution in [0.3, 0.4) is 0 Å². The van der Waals surface area contributed by atoms with Gasteiger partial charge in [-0.05, 0) is 42.1 Å². The minimum absolute atomic E-state index is 0.0545. The highest BCUT2D eigenvalue weighted by molar-refractivity contribution is 8.26. The minimum atomic E-state index is -1.22. The molecule has 1 aliphatic rings. The summed E-state index contributed by atoms with van der Waals surface area (Å²) in [6, 6.07) is 8.25. The summed E-state index contributed by atoms with van der Waals surface area (Å²) in [6.45, 7) is 0. The Morgan fingerprint density at radius 3 is 2.33 bits per heavy atom. The fraction of sp³-hybridized carbons (Fsp3) is 0.182. The summed E-state index contributed by atoms with van der Waals surface area (Å²) in [7, 11) is 5.81. The smallest absolute Gasteiger partial charge is 0.340 e. The second-order valence-electron chi connectivity index (χ2n) is 6.42. The Morgan fingerprint density at radius 1 is 1.03 bits per heavy atom. The quantitative estimate of drug-likeness (QED) is 0.338. The molecule has 33 heavy (non-hydrogen) atoms. The number of carboxylic acids is 1. The summed E-state index contributed by atoms with van der Waals surface area (Å²) < 4.78 is 21.1. The average molecular weight is 489 g/mol. The fourth-order valence-corrected chi connectivity index (χ4v) is 4.19. The third-order valence-corrected chi connectivity index (χ3v) is 5.89. The number of methoxy groups -OCH3 is 4. The molecule has 1 amide bonds. The van der Waals surface area contributed by atoms with Gasteiger partial charge in [-0.15, -0.1) is 0 Å². The van der Waals surface area contributed by atoms with Crippen molar-refractivity contribution in [3.63, 3.8) is 0 Å². The maximum absolute atomic E-state index is 12.9. The van der Waals surface area contributed by atoms with Gasteiger partial charge in [0.15, 0.2) is 15.8 Å². The standard InChI is InChI=1S/C22H20N2O7S2/c1-28-14-7-5-13(16(10-14)30-3)11-23-24-20(25)17(33-22(24)32)9-12-6-8-15(29-2)19(31-4)18(12)21(26)27/h5-11H,1-4H3,(H,26,27)/b17-9+,23-11+. The van der Waals surface area contributed by atoms with Crippen LogP contribution in [0.25, 0.3) is 6.08 Å². The molecule has 0 bridgehead atoms. The summed E-state index contributed by atoms with van der Waals surface area (Å²) in [5, 5.41) is 15.0. The normalized spacial score (nSPS) is 14.8. The van der Waals surface area contributed by atoms with E-state index in [1.807, 2.05) is 0 Å². The number of ether oxygens (including phenoxy) is 4. The highest BCUT2D eigenvalue weighted by Gasteiger charge is 2.33. The number of nitrogens with zero attached hydrogens (tertiary/aromatic N) is 2. The van der Waals surface area contributed by atoms with E-state index in [4.69, 9.17) is 31.2 Å². The van der Waals surface area contributed by atoms with E-state index in [1.54, 1.807) is 31.4 Å². The Balaban J connectivity index is 1.94. The lowest BCUT2D eigenvalue weighted by Crippen LogP contribution is -2.22. The number of hydrogen-bond acceptors (Lipinski definition) is 9. The molecule has 3 rings (SSSR count). The monoisotopic (exact) mass is 488 g/mol. The van der Waals surface area contributed by atoms with Gasteiger partial charge in [0.25, 0.3) is 5.91 Å². The summed E-state index contributed by atoms with van der Waals surface area (Å²) in [5.74, 6) is -0.273. The molecule has 0 aliphatic carbocycles. The van der Waals surface area contributed by atoms with Gasteiger partial charge in [-0.25, -0.2) is 4.79 Å². The van der Waals surface area contributed by atoms with Crippen molar-refractivity contribution in [3.05, 3.63) is 51.9 Å². The summed E-state index contributed by atoms with van der Waals surface area (Å²) in [4.78, 5) is 25.0. The second-order valence-corrected chi connectivity index (χ2v) is 8.09. The van der Waals surface area contributed by atoms with Gasteiger partial charge in [0.2, 0.25) is 0 Å². The summed E-state index contributed by atoms with van der Waals surface area (Å²) in [5.41, 5.74) is 0.749. The summed E-state index contributed by atoms with van der Waals surface area (Å²) >= 11 is 6.31. The fourth-order valence-electron chi connectivity index (χ4n) is 3.03. The maximum atomic E-state index is 12.9. The lowest BCUT2D eigenvalue weighted by Gasteiger charge is -2.12. The minimum Gasteiger partial charge on any atom is -0.497 e. The van der Waals surface area contributed by atoms with Crippen molar-refractivity contribution in [2.24, 2.45) is 5.10 Å². The van der Waals surface area contributed by atoms with E-state index >= 15 is 0 Å². The number of hydrogen-bond donors (Lipinski definition) is 1. The van der Waals surface area contributed by atoms with Gasteiger partial charge in [-0.3, -0.25) is 4.79 Å². The van der Waals surface area contributed by atoms with Gasteiger partial charge in [0.05, 0.1) is 39.6 Å². The van der Waals surface area contributed by atoms with Crippen LogP contribution in [0.4, 0.5) is 0 Å². The van der Waals surface area contributed by atoms with Gasteiger partial charge < -0.3 is 24.1 Å². The molecule has 1 saturated heterocycles. The highest BCUT2D eigenvalue weighted by Crippen LogP contribution is 2.38. The van der Waals surface area contributed by atoms with E-state index in [1.165, 1.54) is 39.7 Å². The number of carbonyl (C=O) groups is 2. The number of carbonyl (C=O) groups excluding carboxylic acids is 1. The van der Waals surface area contributed by atoms with E-state index in [-0.39, 0.29) is 31.9 Å². The zero-order valence-corrected chi connectivity index (χ0v) is 19.8. The molecule has 0 spiro atoms. The zero-order chi connectivity index (χ0) is 24.1. The number of hydrazone groups is 1. The first-order valence-corrected chi connectivity index (χ1v) is 10.6. The van der Waals surface area contributed by atoms with Crippen LogP contribution in [-0.2, 0) is 4.79 Å². The number of carboxylic acid groups (broad SMARTS) is 1. The molecular formula is C22H20N2O7S2. The van der Waals surface area contributed by atoms with Crippen molar-refractivity contribution < 1.29 is 33.6 Å². The Kier molecular flexibility index (Phi) is 7.56. The first-order valence-electron chi connectivity index (χ1n) is 9.36. The van der Waals surface area contributed by atoms with Crippen molar-refractivity contribution in [2.45, 2.75) is 0 Å². The number of rotatable bonds is 8. The molecule has 0 aromatic heterocycles. The largest absolute Gasteiger partial charge is 0.497 e. The van der Waals surface area contributed by atoms with Crippen LogP contribution in [0.15, 0.2) is 40.3 Å². The third-order valence-electron chi connectivity index (χ3n) is 4.60. The van der Waals surface area contributed by atoms with Gasteiger partial charge in [0.1, 0.15) is 17.1 Å². The van der Waals surface area contributed by atoms with Crippen molar-refractivity contribution in [1.82, 2.24) is 5.01 Å². The molecule has 0 radical (unpaired) electrons. The lowest BCUT2D eigenvalue weighted by atomic mass is 10.0. The van der Waals surface area contributed by atoms with Gasteiger partial charge in [-0.1, -0.05) is 17.8 Å². The SMILES string of the molecule is COc1ccc(/C=N/N2C(=O)/C(=C\c3ccc(OC)c(OC)c3C(=O)O)SC2=S)c(OC)c1. The molecule has 1 fully saturated rings. The Morgan fingerprint density at radius 2 is 1.73 bits per heavy atom. The Hall–Kier alpha value is -3.57. The van der Waals surface area contributed by atoms with Gasteiger partial charge >= 0.3 is 5.97 Å². The van der Waals surface area contributed by atoms with Crippen molar-refractivity contribution >= 4 is 52.5 Å². The number of amides is 1. The van der Waals surface area contributed by atoms with E-state index in [9.17, 15) is 14.7 Å². The first kappa shape index (κ1) is 24.1. The van der Waals surface area contributed by atoms with Crippen molar-refractivity contribution in [2.75, 3.05) is 28.4 Å². The average Bonchev–Trinajstić information content (AvgIpc) is 3.08. The highest BCUT2D eigenvalue weighted by atomic mass is 32.2. The third kappa shape index (κ3) is 4.94. The molecule has 11 heteroatoms. The summed E-state index contributed by atoms with van der Waals surface area (Å²) in [6.07, 6.45) is 2.89. The van der Waals surface area contributed by atoms with Gasteiger partial charge in [-0.2, -0.15) is 10.1 Å². The second kappa shape index (κ2) is 10.4. The molecule has 0 unspecified atom stereocenters. The number of thioether (sulfide) groups is 1. The predicted molar refractivity (Wildman–Crippen MR) is 129 cm³/mol.